The van der Waals surface area contributed by atoms with Crippen molar-refractivity contribution in [2.75, 3.05) is 31.6 Å². The van der Waals surface area contributed by atoms with Gasteiger partial charge in [-0.1, -0.05) is 0 Å². The van der Waals surface area contributed by atoms with Crippen LogP contribution in [0.4, 0.5) is 28.0 Å². The van der Waals surface area contributed by atoms with Gasteiger partial charge in [0.25, 0.3) is 0 Å². The molecule has 1 aliphatic heterocycles. The number of aliphatic hydroxyl groups is 1. The lowest BCUT2D eigenvalue weighted by Crippen LogP contribution is -2.33. The molecule has 23 heavy (non-hydrogen) atoms. The summed E-state index contributed by atoms with van der Waals surface area (Å²) in [5.74, 6) is -1.02. The molecule has 5 nitrogen and oxygen atoms in total. The van der Waals surface area contributed by atoms with Gasteiger partial charge in [-0.05, 0) is 18.6 Å². The molecule has 1 fully saturated rings. The Labute approximate surface area is 129 Å². The highest BCUT2D eigenvalue weighted by Gasteiger charge is 2.30. The summed E-state index contributed by atoms with van der Waals surface area (Å²) in [7, 11) is 0. The zero-order valence-corrected chi connectivity index (χ0v) is 12.1. The summed E-state index contributed by atoms with van der Waals surface area (Å²) in [5.41, 5.74) is -0.174. The standard InChI is InChI=1S/C14H16F4N2O3/c15-10-1-2-12(23-8-14(16,17)18)11(5-10)19-13(22)20-4-3-9(6-20)7-21/h1-2,5,9,21H,3-4,6-8H2,(H,19,22). The fraction of sp³-hybridized carbons (Fsp3) is 0.500. The van der Waals surface area contributed by atoms with Crippen LogP contribution in [0.3, 0.4) is 0 Å². The van der Waals surface area contributed by atoms with Crippen molar-refractivity contribution in [2.24, 2.45) is 5.92 Å². The maximum absolute atomic E-state index is 13.3. The third kappa shape index (κ3) is 4.98. The first-order valence-electron chi connectivity index (χ1n) is 6.94. The van der Waals surface area contributed by atoms with Crippen LogP contribution in [-0.4, -0.2) is 48.5 Å². The number of carbonyl (C=O) groups excluding carboxylic acids is 1. The Balaban J connectivity index is 2.06. The van der Waals surface area contributed by atoms with E-state index >= 15 is 0 Å². The first kappa shape index (κ1) is 17.3. The van der Waals surface area contributed by atoms with Crippen molar-refractivity contribution in [3.05, 3.63) is 24.0 Å². The molecule has 0 aliphatic carbocycles. The van der Waals surface area contributed by atoms with Gasteiger partial charge >= 0.3 is 12.2 Å². The molecule has 0 saturated carbocycles. The molecule has 1 heterocycles. The number of hydrogen-bond acceptors (Lipinski definition) is 3. The molecule has 2 N–H and O–H groups in total. The van der Waals surface area contributed by atoms with Crippen LogP contribution in [0.5, 0.6) is 5.75 Å². The van der Waals surface area contributed by atoms with Crippen LogP contribution < -0.4 is 10.1 Å². The monoisotopic (exact) mass is 336 g/mol. The fourth-order valence-electron chi connectivity index (χ4n) is 2.25. The Morgan fingerprint density at radius 2 is 2.17 bits per heavy atom. The van der Waals surface area contributed by atoms with Gasteiger partial charge in [0.05, 0.1) is 5.69 Å². The summed E-state index contributed by atoms with van der Waals surface area (Å²) in [6.45, 7) is -0.858. The van der Waals surface area contributed by atoms with E-state index in [-0.39, 0.29) is 24.0 Å². The van der Waals surface area contributed by atoms with E-state index in [4.69, 9.17) is 5.11 Å². The molecule has 1 aliphatic rings. The van der Waals surface area contributed by atoms with Gasteiger partial charge in [0, 0.05) is 31.7 Å². The van der Waals surface area contributed by atoms with Gasteiger partial charge in [0.2, 0.25) is 0 Å². The number of halogens is 4. The van der Waals surface area contributed by atoms with Gasteiger partial charge in [-0.3, -0.25) is 0 Å². The molecule has 0 bridgehead atoms. The second kappa shape index (κ2) is 7.03. The van der Waals surface area contributed by atoms with E-state index in [2.05, 4.69) is 10.1 Å². The molecule has 128 valence electrons. The van der Waals surface area contributed by atoms with Gasteiger partial charge in [0.15, 0.2) is 6.61 Å². The molecular formula is C14H16F4N2O3. The number of alkyl halides is 3. The maximum Gasteiger partial charge on any atom is 0.422 e. The van der Waals surface area contributed by atoms with Crippen LogP contribution in [0.25, 0.3) is 0 Å². The molecule has 9 heteroatoms. The number of anilines is 1. The highest BCUT2D eigenvalue weighted by molar-refractivity contribution is 5.91. The Kier molecular flexibility index (Phi) is 5.30. The lowest BCUT2D eigenvalue weighted by molar-refractivity contribution is -0.153. The molecule has 1 aromatic rings. The molecule has 1 atom stereocenters. The number of rotatable bonds is 4. The predicted molar refractivity (Wildman–Crippen MR) is 73.7 cm³/mol. The minimum atomic E-state index is -4.54. The highest BCUT2D eigenvalue weighted by atomic mass is 19.4. The van der Waals surface area contributed by atoms with Crippen LogP contribution >= 0.6 is 0 Å². The second-order valence-corrected chi connectivity index (χ2v) is 5.26. The number of urea groups is 1. The number of nitrogens with zero attached hydrogens (tertiary/aromatic N) is 1. The van der Waals surface area contributed by atoms with E-state index in [1.54, 1.807) is 0 Å². The molecule has 0 spiro atoms. The van der Waals surface area contributed by atoms with Crippen LogP contribution in [0.15, 0.2) is 18.2 Å². The van der Waals surface area contributed by atoms with Crippen LogP contribution in [0, 0.1) is 11.7 Å². The zero-order valence-electron chi connectivity index (χ0n) is 12.1. The Morgan fingerprint density at radius 1 is 1.43 bits per heavy atom. The Hall–Kier alpha value is -2.03. The third-order valence-electron chi connectivity index (χ3n) is 3.41. The number of likely N-dealkylation sites (tertiary alicyclic amines) is 1. The minimum absolute atomic E-state index is 0.0331. The first-order chi connectivity index (χ1) is 10.8. The van der Waals surface area contributed by atoms with Crippen LogP contribution in [0.1, 0.15) is 6.42 Å². The van der Waals surface area contributed by atoms with Crippen molar-refractivity contribution >= 4 is 11.7 Å². The predicted octanol–water partition coefficient (Wildman–Crippen LogP) is 2.61. The average molecular weight is 336 g/mol. The van der Waals surface area contributed by atoms with Crippen LogP contribution in [0.2, 0.25) is 0 Å². The zero-order chi connectivity index (χ0) is 17.0. The Bertz CT molecular complexity index is 565. The van der Waals surface area contributed by atoms with Crippen molar-refractivity contribution in [3.8, 4) is 5.75 Å². The SMILES string of the molecule is O=C(Nc1cc(F)ccc1OCC(F)(F)F)N1CCC(CO)C1. The quantitative estimate of drug-likeness (QED) is 0.831. The average Bonchev–Trinajstić information content (AvgIpc) is 2.94. The largest absolute Gasteiger partial charge is 0.482 e. The van der Waals surface area contributed by atoms with E-state index in [1.165, 1.54) is 4.90 Å². The Morgan fingerprint density at radius 3 is 2.78 bits per heavy atom. The van der Waals surface area contributed by atoms with Gasteiger partial charge in [-0.15, -0.1) is 0 Å². The van der Waals surface area contributed by atoms with E-state index in [0.29, 0.717) is 19.5 Å². The van der Waals surface area contributed by atoms with E-state index in [1.807, 2.05) is 0 Å². The normalized spacial score (nSPS) is 18.1. The van der Waals surface area contributed by atoms with Gasteiger partial charge < -0.3 is 20.1 Å². The van der Waals surface area contributed by atoms with Crippen molar-refractivity contribution in [2.45, 2.75) is 12.6 Å². The smallest absolute Gasteiger partial charge is 0.422 e. The van der Waals surface area contributed by atoms with Crippen molar-refractivity contribution in [1.29, 1.82) is 0 Å². The summed E-state index contributed by atoms with van der Waals surface area (Å²) in [4.78, 5) is 13.5. The van der Waals surface area contributed by atoms with Gasteiger partial charge in [0.1, 0.15) is 11.6 Å². The molecule has 1 saturated heterocycles. The van der Waals surface area contributed by atoms with Crippen molar-refractivity contribution in [3.63, 3.8) is 0 Å². The molecule has 0 aromatic heterocycles. The molecule has 1 unspecified atom stereocenters. The number of amides is 2. The molecule has 2 amide bonds. The summed E-state index contributed by atoms with van der Waals surface area (Å²) >= 11 is 0. The number of nitrogens with one attached hydrogen (secondary N) is 1. The van der Waals surface area contributed by atoms with Crippen molar-refractivity contribution < 1.29 is 32.2 Å². The van der Waals surface area contributed by atoms with E-state index in [9.17, 15) is 22.4 Å². The molecule has 2 rings (SSSR count). The lowest BCUT2D eigenvalue weighted by Gasteiger charge is -2.19. The summed E-state index contributed by atoms with van der Waals surface area (Å²) in [5, 5.41) is 11.4. The molecule has 1 aromatic carbocycles. The summed E-state index contributed by atoms with van der Waals surface area (Å²) in [6, 6.07) is 2.28. The number of hydrogen-bond donors (Lipinski definition) is 2. The maximum atomic E-state index is 13.3. The second-order valence-electron chi connectivity index (χ2n) is 5.26. The van der Waals surface area contributed by atoms with Crippen molar-refractivity contribution in [1.82, 2.24) is 4.90 Å². The fourth-order valence-corrected chi connectivity index (χ4v) is 2.25. The minimum Gasteiger partial charge on any atom is -0.482 e. The molecule has 0 radical (unpaired) electrons. The summed E-state index contributed by atoms with van der Waals surface area (Å²) < 4.78 is 54.6. The van der Waals surface area contributed by atoms with E-state index < -0.39 is 24.6 Å². The lowest BCUT2D eigenvalue weighted by atomic mass is 10.1. The molecular weight excluding hydrogens is 320 g/mol. The number of carbonyl (C=O) groups is 1. The van der Waals surface area contributed by atoms with Crippen LogP contribution in [-0.2, 0) is 0 Å². The topological polar surface area (TPSA) is 61.8 Å². The number of ether oxygens (including phenoxy) is 1. The van der Waals surface area contributed by atoms with Gasteiger partial charge in [-0.25, -0.2) is 9.18 Å². The first-order valence-corrected chi connectivity index (χ1v) is 6.94. The number of benzene rings is 1. The third-order valence-corrected chi connectivity index (χ3v) is 3.41. The van der Waals surface area contributed by atoms with E-state index in [0.717, 1.165) is 18.2 Å². The number of aliphatic hydroxyl groups excluding tert-OH is 1. The van der Waals surface area contributed by atoms with Gasteiger partial charge in [-0.2, -0.15) is 13.2 Å². The highest BCUT2D eigenvalue weighted by Crippen LogP contribution is 2.28. The summed E-state index contributed by atoms with van der Waals surface area (Å²) in [6.07, 6.45) is -3.91.